The van der Waals surface area contributed by atoms with Crippen molar-refractivity contribution in [1.82, 2.24) is 20.0 Å². The number of hydrogen-bond donors (Lipinski definition) is 0. The van der Waals surface area contributed by atoms with Crippen molar-refractivity contribution in [2.24, 2.45) is 0 Å². The Bertz CT molecular complexity index is 606. The summed E-state index contributed by atoms with van der Waals surface area (Å²) < 4.78 is 6.79. The molecule has 0 aromatic carbocycles. The molecule has 21 heavy (non-hydrogen) atoms. The van der Waals surface area contributed by atoms with E-state index in [1.54, 1.807) is 22.9 Å². The second-order valence-electron chi connectivity index (χ2n) is 4.60. The first-order valence-corrected chi connectivity index (χ1v) is 8.10. The Balaban J connectivity index is 2.24. The summed E-state index contributed by atoms with van der Waals surface area (Å²) in [7, 11) is 0. The number of thiazole rings is 1. The van der Waals surface area contributed by atoms with E-state index in [0.717, 1.165) is 35.7 Å². The van der Waals surface area contributed by atoms with Gasteiger partial charge in [0, 0.05) is 5.38 Å². The van der Waals surface area contributed by atoms with Crippen LogP contribution in [0.1, 0.15) is 54.1 Å². The number of hydrogen-bond acceptors (Lipinski definition) is 6. The summed E-state index contributed by atoms with van der Waals surface area (Å²) in [6, 6.07) is 0. The molecule has 0 saturated carbocycles. The molecule has 0 atom stereocenters. The molecule has 114 valence electrons. The minimum atomic E-state index is -0.403. The van der Waals surface area contributed by atoms with E-state index in [2.05, 4.69) is 29.1 Å². The summed E-state index contributed by atoms with van der Waals surface area (Å²) >= 11 is 1.64. The molecule has 2 aromatic rings. The zero-order valence-electron chi connectivity index (χ0n) is 12.6. The van der Waals surface area contributed by atoms with Gasteiger partial charge in [-0.3, -0.25) is 0 Å². The van der Waals surface area contributed by atoms with E-state index in [1.807, 2.05) is 5.38 Å². The normalized spacial score (nSPS) is 10.8. The lowest BCUT2D eigenvalue weighted by Crippen LogP contribution is -2.11. The molecule has 0 aliphatic rings. The molecule has 2 aromatic heterocycles. The van der Waals surface area contributed by atoms with Crippen LogP contribution in [0.3, 0.4) is 0 Å². The average Bonchev–Trinajstić information content (AvgIpc) is 3.08. The highest BCUT2D eigenvalue weighted by Crippen LogP contribution is 2.15. The highest BCUT2D eigenvalue weighted by atomic mass is 32.1. The van der Waals surface area contributed by atoms with Gasteiger partial charge in [-0.05, 0) is 19.8 Å². The van der Waals surface area contributed by atoms with Crippen molar-refractivity contribution in [3.8, 4) is 0 Å². The van der Waals surface area contributed by atoms with Gasteiger partial charge in [-0.2, -0.15) is 0 Å². The van der Waals surface area contributed by atoms with Gasteiger partial charge in [0.05, 0.1) is 29.5 Å². The summed E-state index contributed by atoms with van der Waals surface area (Å²) in [5.74, 6) is -0.403. The number of carbonyl (C=O) groups is 1. The third-order valence-electron chi connectivity index (χ3n) is 3.01. The van der Waals surface area contributed by atoms with Crippen LogP contribution in [-0.2, 0) is 24.1 Å². The van der Waals surface area contributed by atoms with Crippen molar-refractivity contribution in [2.45, 2.75) is 46.6 Å². The van der Waals surface area contributed by atoms with Crippen LogP contribution in [0.4, 0.5) is 0 Å². The maximum Gasteiger partial charge on any atom is 0.360 e. The summed E-state index contributed by atoms with van der Waals surface area (Å²) in [6.07, 6.45) is 2.58. The first-order chi connectivity index (χ1) is 10.2. The number of carbonyl (C=O) groups excluding carboxylic acids is 1. The number of esters is 1. The molecule has 0 spiro atoms. The third-order valence-corrected chi connectivity index (χ3v) is 4.05. The average molecular weight is 308 g/mol. The van der Waals surface area contributed by atoms with E-state index < -0.39 is 5.97 Å². The Morgan fingerprint density at radius 3 is 2.81 bits per heavy atom. The van der Waals surface area contributed by atoms with Gasteiger partial charge >= 0.3 is 5.97 Å². The fourth-order valence-electron chi connectivity index (χ4n) is 2.04. The highest BCUT2D eigenvalue weighted by Gasteiger charge is 2.20. The summed E-state index contributed by atoms with van der Waals surface area (Å²) in [6.45, 7) is 6.80. The predicted molar refractivity (Wildman–Crippen MR) is 80.6 cm³/mol. The van der Waals surface area contributed by atoms with Gasteiger partial charge in [0.2, 0.25) is 0 Å². The molecule has 0 amide bonds. The minimum absolute atomic E-state index is 0.324. The molecule has 0 radical (unpaired) electrons. The maximum absolute atomic E-state index is 11.9. The minimum Gasteiger partial charge on any atom is -0.461 e. The molecule has 0 aliphatic carbocycles. The molecule has 0 bridgehead atoms. The van der Waals surface area contributed by atoms with Crippen molar-refractivity contribution < 1.29 is 9.53 Å². The zero-order valence-corrected chi connectivity index (χ0v) is 13.4. The number of aromatic nitrogens is 4. The second kappa shape index (κ2) is 7.31. The highest BCUT2D eigenvalue weighted by molar-refractivity contribution is 7.09. The second-order valence-corrected chi connectivity index (χ2v) is 5.54. The Kier molecular flexibility index (Phi) is 5.44. The Morgan fingerprint density at radius 1 is 1.38 bits per heavy atom. The molecule has 0 fully saturated rings. The van der Waals surface area contributed by atoms with Crippen LogP contribution in [0, 0.1) is 0 Å². The van der Waals surface area contributed by atoms with Crippen LogP contribution in [0.5, 0.6) is 0 Å². The van der Waals surface area contributed by atoms with Crippen molar-refractivity contribution >= 4 is 17.3 Å². The van der Waals surface area contributed by atoms with Gasteiger partial charge in [-0.25, -0.2) is 14.5 Å². The monoisotopic (exact) mass is 308 g/mol. The molecule has 6 nitrogen and oxygen atoms in total. The standard InChI is InChI=1S/C14H20N4O2S/c1-4-7-11-13(14(19)20-6-3)16-17-18(11)8-10-9-21-12(5-2)15-10/h9H,4-8H2,1-3H3. The first kappa shape index (κ1) is 15.6. The van der Waals surface area contributed by atoms with Crippen LogP contribution in [-0.4, -0.2) is 32.6 Å². The van der Waals surface area contributed by atoms with E-state index in [9.17, 15) is 4.79 Å². The largest absolute Gasteiger partial charge is 0.461 e. The van der Waals surface area contributed by atoms with Crippen LogP contribution < -0.4 is 0 Å². The van der Waals surface area contributed by atoms with Gasteiger partial charge in [0.1, 0.15) is 0 Å². The van der Waals surface area contributed by atoms with Gasteiger partial charge in [-0.1, -0.05) is 25.5 Å². The zero-order chi connectivity index (χ0) is 15.2. The number of nitrogens with zero attached hydrogens (tertiary/aromatic N) is 4. The van der Waals surface area contributed by atoms with Crippen LogP contribution in [0.2, 0.25) is 0 Å². The van der Waals surface area contributed by atoms with E-state index in [-0.39, 0.29) is 0 Å². The molecule has 2 heterocycles. The van der Waals surface area contributed by atoms with E-state index >= 15 is 0 Å². The Morgan fingerprint density at radius 2 is 2.19 bits per heavy atom. The van der Waals surface area contributed by atoms with Crippen molar-refractivity contribution in [3.05, 3.63) is 27.5 Å². The lowest BCUT2D eigenvalue weighted by atomic mass is 10.2. The van der Waals surface area contributed by atoms with Crippen LogP contribution in [0.25, 0.3) is 0 Å². The molecule has 2 rings (SSSR count). The Labute approximate surface area is 128 Å². The molecule has 0 aliphatic heterocycles. The quantitative estimate of drug-likeness (QED) is 0.735. The lowest BCUT2D eigenvalue weighted by molar-refractivity contribution is 0.0518. The van der Waals surface area contributed by atoms with Crippen molar-refractivity contribution in [1.29, 1.82) is 0 Å². The third kappa shape index (κ3) is 3.66. The SMILES string of the molecule is CCCc1c(C(=O)OCC)nnn1Cc1csc(CC)n1. The fraction of sp³-hybridized carbons (Fsp3) is 0.571. The summed E-state index contributed by atoms with van der Waals surface area (Å²) in [4.78, 5) is 16.4. The molecule has 0 saturated heterocycles. The molecule has 0 unspecified atom stereocenters. The fourth-order valence-corrected chi connectivity index (χ4v) is 2.78. The molecular formula is C14H20N4O2S. The van der Waals surface area contributed by atoms with Gasteiger partial charge < -0.3 is 4.74 Å². The van der Waals surface area contributed by atoms with Crippen molar-refractivity contribution in [2.75, 3.05) is 6.61 Å². The van der Waals surface area contributed by atoms with E-state index in [4.69, 9.17) is 4.74 Å². The lowest BCUT2D eigenvalue weighted by Gasteiger charge is -2.05. The van der Waals surface area contributed by atoms with Gasteiger partial charge in [0.15, 0.2) is 5.69 Å². The maximum atomic E-state index is 11.9. The summed E-state index contributed by atoms with van der Waals surface area (Å²) in [5.41, 5.74) is 2.10. The topological polar surface area (TPSA) is 69.9 Å². The molecule has 0 N–H and O–H groups in total. The van der Waals surface area contributed by atoms with E-state index in [0.29, 0.717) is 18.8 Å². The molecule has 7 heteroatoms. The van der Waals surface area contributed by atoms with Gasteiger partial charge in [0.25, 0.3) is 0 Å². The number of aryl methyl sites for hydroxylation is 1. The summed E-state index contributed by atoms with van der Waals surface area (Å²) in [5, 5.41) is 11.2. The van der Waals surface area contributed by atoms with Crippen LogP contribution in [0.15, 0.2) is 5.38 Å². The Hall–Kier alpha value is -1.76. The van der Waals surface area contributed by atoms with Crippen LogP contribution >= 0.6 is 11.3 Å². The predicted octanol–water partition coefficient (Wildman–Crippen LogP) is 2.47. The number of rotatable bonds is 7. The van der Waals surface area contributed by atoms with Gasteiger partial charge in [-0.15, -0.1) is 16.4 Å². The van der Waals surface area contributed by atoms with E-state index in [1.165, 1.54) is 0 Å². The molecular weight excluding hydrogens is 288 g/mol. The first-order valence-electron chi connectivity index (χ1n) is 7.22. The smallest absolute Gasteiger partial charge is 0.360 e. The van der Waals surface area contributed by atoms with Crippen molar-refractivity contribution in [3.63, 3.8) is 0 Å². The number of ether oxygens (including phenoxy) is 1.